The molecular weight excluding hydrogens is 287 g/mol. The highest BCUT2D eigenvalue weighted by Gasteiger charge is 2.27. The molecule has 0 amide bonds. The van der Waals surface area contributed by atoms with E-state index in [1.165, 1.54) is 31.7 Å². The fourth-order valence-electron chi connectivity index (χ4n) is 3.59. The molecule has 0 spiro atoms. The number of halogens is 2. The second-order valence-electron chi connectivity index (χ2n) is 6.25. The van der Waals surface area contributed by atoms with Crippen LogP contribution in [0.15, 0.2) is 18.2 Å². The Bertz CT molecular complexity index is 635. The normalized spacial score (nSPS) is 25.0. The number of hydrogen-bond acceptors (Lipinski definition) is 1. The maximum Gasteiger partial charge on any atom is 0.151 e. The number of aromatic nitrogens is 2. The zero-order valence-electron chi connectivity index (χ0n) is 12.6. The van der Waals surface area contributed by atoms with Crippen LogP contribution < -0.4 is 0 Å². The lowest BCUT2D eigenvalue weighted by molar-refractivity contribution is 0.333. The Morgan fingerprint density at radius 2 is 2.05 bits per heavy atom. The Morgan fingerprint density at radius 1 is 1.29 bits per heavy atom. The molecule has 0 aliphatic heterocycles. The third-order valence-electron chi connectivity index (χ3n) is 4.70. The molecule has 21 heavy (non-hydrogen) atoms. The van der Waals surface area contributed by atoms with Crippen LogP contribution in [0, 0.1) is 11.7 Å². The van der Waals surface area contributed by atoms with Crippen molar-refractivity contribution in [2.75, 3.05) is 0 Å². The molecule has 3 rings (SSSR count). The summed E-state index contributed by atoms with van der Waals surface area (Å²) in [5.41, 5.74) is 1.34. The van der Waals surface area contributed by atoms with Crippen LogP contribution in [0.3, 0.4) is 0 Å². The Labute approximate surface area is 130 Å². The average Bonchev–Trinajstić information content (AvgIpc) is 2.71. The Hall–Kier alpha value is -1.09. The molecule has 1 aromatic heterocycles. The third kappa shape index (κ3) is 2.68. The van der Waals surface area contributed by atoms with E-state index in [0.29, 0.717) is 17.5 Å². The molecule has 2 aromatic rings. The monoisotopic (exact) mass is 308 g/mol. The fourth-order valence-corrected chi connectivity index (χ4v) is 3.74. The zero-order chi connectivity index (χ0) is 15.0. The first-order valence-corrected chi connectivity index (χ1v) is 8.33. The molecule has 3 atom stereocenters. The summed E-state index contributed by atoms with van der Waals surface area (Å²) in [5.74, 6) is 1.11. The van der Waals surface area contributed by atoms with Crippen molar-refractivity contribution in [1.29, 1.82) is 0 Å². The summed E-state index contributed by atoms with van der Waals surface area (Å²) in [6.45, 7) is 4.21. The summed E-state index contributed by atoms with van der Waals surface area (Å²) in [5, 5.41) is -0.216. The molecular formula is C17H22ClFN2. The van der Waals surface area contributed by atoms with Crippen molar-refractivity contribution in [2.24, 2.45) is 5.92 Å². The van der Waals surface area contributed by atoms with Gasteiger partial charge in [0.05, 0.1) is 10.9 Å². The highest BCUT2D eigenvalue weighted by molar-refractivity contribution is 6.20. The molecule has 114 valence electrons. The first-order chi connectivity index (χ1) is 10.1. The summed E-state index contributed by atoms with van der Waals surface area (Å²) < 4.78 is 16.3. The minimum Gasteiger partial charge on any atom is -0.323 e. The zero-order valence-corrected chi connectivity index (χ0v) is 13.4. The average molecular weight is 309 g/mol. The van der Waals surface area contributed by atoms with Gasteiger partial charge in [-0.15, -0.1) is 11.6 Å². The molecule has 1 heterocycles. The molecule has 1 aliphatic rings. The summed E-state index contributed by atoms with van der Waals surface area (Å²) in [6.07, 6.45) is 6.13. The molecule has 2 nitrogen and oxygen atoms in total. The molecule has 0 radical (unpaired) electrons. The quantitative estimate of drug-likeness (QED) is 0.520. The molecule has 1 aromatic carbocycles. The standard InChI is InChI=1S/C17H22ClFN2/c1-11-7-4-3-5-9-14(11)21-15-10-6-8-13(19)16(15)20-17(21)12(2)18/h6,8,10-12,14H,3-5,7,9H2,1-2H3. The van der Waals surface area contributed by atoms with Crippen LogP contribution in [0.5, 0.6) is 0 Å². The van der Waals surface area contributed by atoms with Crippen molar-refractivity contribution in [3.63, 3.8) is 0 Å². The highest BCUT2D eigenvalue weighted by atomic mass is 35.5. The van der Waals surface area contributed by atoms with Crippen LogP contribution in [0.2, 0.25) is 0 Å². The number of benzene rings is 1. The molecule has 0 bridgehead atoms. The van der Waals surface area contributed by atoms with Gasteiger partial charge < -0.3 is 4.57 Å². The van der Waals surface area contributed by atoms with E-state index in [4.69, 9.17) is 11.6 Å². The van der Waals surface area contributed by atoms with E-state index < -0.39 is 0 Å². The van der Waals surface area contributed by atoms with Gasteiger partial charge in [-0.25, -0.2) is 9.37 Å². The number of alkyl halides is 1. The van der Waals surface area contributed by atoms with E-state index in [-0.39, 0.29) is 11.2 Å². The van der Waals surface area contributed by atoms with Crippen molar-refractivity contribution in [1.82, 2.24) is 9.55 Å². The van der Waals surface area contributed by atoms with Gasteiger partial charge in [-0.05, 0) is 37.8 Å². The second kappa shape index (κ2) is 5.96. The smallest absolute Gasteiger partial charge is 0.151 e. The van der Waals surface area contributed by atoms with Crippen molar-refractivity contribution in [3.8, 4) is 0 Å². The maximum atomic E-state index is 14.1. The SMILES string of the molecule is CC(Cl)c1nc2c(F)cccc2n1C1CCCCCC1C. The summed E-state index contributed by atoms with van der Waals surface area (Å²) in [7, 11) is 0. The van der Waals surface area contributed by atoms with Crippen molar-refractivity contribution < 1.29 is 4.39 Å². The summed E-state index contributed by atoms with van der Waals surface area (Å²) in [6, 6.07) is 5.57. The lowest BCUT2D eigenvalue weighted by atomic mass is 9.96. The van der Waals surface area contributed by atoms with Crippen molar-refractivity contribution in [3.05, 3.63) is 29.8 Å². The molecule has 0 N–H and O–H groups in total. The number of nitrogens with zero attached hydrogens (tertiary/aromatic N) is 2. The summed E-state index contributed by atoms with van der Waals surface area (Å²) >= 11 is 6.33. The van der Waals surface area contributed by atoms with Gasteiger partial charge in [0, 0.05) is 6.04 Å². The van der Waals surface area contributed by atoms with E-state index in [1.54, 1.807) is 6.07 Å². The first-order valence-electron chi connectivity index (χ1n) is 7.90. The second-order valence-corrected chi connectivity index (χ2v) is 6.90. The van der Waals surface area contributed by atoms with Crippen LogP contribution in [0.4, 0.5) is 4.39 Å². The molecule has 1 aliphatic carbocycles. The molecule has 1 fully saturated rings. The number of fused-ring (bicyclic) bond motifs is 1. The maximum absolute atomic E-state index is 14.1. The number of rotatable bonds is 2. The topological polar surface area (TPSA) is 17.8 Å². The van der Waals surface area contributed by atoms with Crippen LogP contribution in [-0.2, 0) is 0 Å². The van der Waals surface area contributed by atoms with E-state index in [9.17, 15) is 4.39 Å². The minimum atomic E-state index is -0.258. The summed E-state index contributed by atoms with van der Waals surface area (Å²) in [4.78, 5) is 4.51. The molecule has 1 saturated carbocycles. The van der Waals surface area contributed by atoms with E-state index in [1.807, 2.05) is 13.0 Å². The predicted octanol–water partition coefficient (Wildman–Crippen LogP) is 5.62. The van der Waals surface area contributed by atoms with E-state index in [0.717, 1.165) is 17.8 Å². The highest BCUT2D eigenvalue weighted by Crippen LogP contribution is 2.38. The van der Waals surface area contributed by atoms with E-state index >= 15 is 0 Å². The molecule has 3 unspecified atom stereocenters. The van der Waals surface area contributed by atoms with Crippen LogP contribution >= 0.6 is 11.6 Å². The Morgan fingerprint density at radius 3 is 2.81 bits per heavy atom. The van der Waals surface area contributed by atoms with E-state index in [2.05, 4.69) is 16.5 Å². The Balaban J connectivity index is 2.19. The van der Waals surface area contributed by atoms with Gasteiger partial charge >= 0.3 is 0 Å². The van der Waals surface area contributed by atoms with Gasteiger partial charge in [-0.3, -0.25) is 0 Å². The van der Waals surface area contributed by atoms with Gasteiger partial charge in [-0.2, -0.15) is 0 Å². The lowest BCUT2D eigenvalue weighted by Gasteiger charge is -2.26. The van der Waals surface area contributed by atoms with Gasteiger partial charge in [0.25, 0.3) is 0 Å². The van der Waals surface area contributed by atoms with Gasteiger partial charge in [-0.1, -0.05) is 32.3 Å². The molecule has 4 heteroatoms. The van der Waals surface area contributed by atoms with Gasteiger partial charge in [0.15, 0.2) is 5.82 Å². The number of hydrogen-bond donors (Lipinski definition) is 0. The first kappa shape index (κ1) is 14.8. The van der Waals surface area contributed by atoms with Crippen LogP contribution in [0.25, 0.3) is 11.0 Å². The van der Waals surface area contributed by atoms with Crippen LogP contribution in [-0.4, -0.2) is 9.55 Å². The minimum absolute atomic E-state index is 0.216. The Kier molecular flexibility index (Phi) is 4.21. The fraction of sp³-hybridized carbons (Fsp3) is 0.588. The third-order valence-corrected chi connectivity index (χ3v) is 4.90. The largest absolute Gasteiger partial charge is 0.323 e. The van der Waals surface area contributed by atoms with Gasteiger partial charge in [0.1, 0.15) is 11.3 Å². The van der Waals surface area contributed by atoms with Crippen molar-refractivity contribution in [2.45, 2.75) is 57.4 Å². The lowest BCUT2D eigenvalue weighted by Crippen LogP contribution is -2.18. The number of para-hydroxylation sites is 1. The molecule has 0 saturated heterocycles. The number of imidazole rings is 1. The van der Waals surface area contributed by atoms with Crippen LogP contribution in [0.1, 0.15) is 63.2 Å². The van der Waals surface area contributed by atoms with Crippen molar-refractivity contribution >= 4 is 22.6 Å². The van der Waals surface area contributed by atoms with Gasteiger partial charge in [0.2, 0.25) is 0 Å². The predicted molar refractivity (Wildman–Crippen MR) is 85.2 cm³/mol.